The van der Waals surface area contributed by atoms with Crippen molar-refractivity contribution in [1.82, 2.24) is 10.6 Å². The fourth-order valence-electron chi connectivity index (χ4n) is 4.90. The lowest BCUT2D eigenvalue weighted by Crippen LogP contribution is -2.38. The number of nitrogens with one attached hydrogen (secondary N) is 2. The number of ketones is 2. The lowest BCUT2D eigenvalue weighted by atomic mass is 9.85. The zero-order valence-electron chi connectivity index (χ0n) is 25.1. The average Bonchev–Trinajstić information content (AvgIpc) is 2.91. The summed E-state index contributed by atoms with van der Waals surface area (Å²) in [5.74, 6) is -3.17. The second-order valence-corrected chi connectivity index (χ2v) is 10.6. The van der Waals surface area contributed by atoms with Crippen molar-refractivity contribution in [1.29, 1.82) is 0 Å². The van der Waals surface area contributed by atoms with Gasteiger partial charge < -0.3 is 35.7 Å². The second kappa shape index (κ2) is 15.4. The fourth-order valence-corrected chi connectivity index (χ4v) is 4.90. The number of amides is 3. The molecule has 6 atom stereocenters. The van der Waals surface area contributed by atoms with Crippen LogP contribution in [0.2, 0.25) is 0 Å². The molecule has 0 saturated heterocycles. The Labute approximate surface area is 245 Å². The molecule has 2 bridgehead atoms. The number of fused-ring (bicyclic) bond motifs is 2. The molecule has 2 aliphatic rings. The Hall–Kier alpha value is -3.87. The summed E-state index contributed by atoms with van der Waals surface area (Å²) in [5, 5.41) is 16.1. The van der Waals surface area contributed by atoms with E-state index in [9.17, 15) is 29.1 Å². The maximum absolute atomic E-state index is 13.5. The van der Waals surface area contributed by atoms with Crippen molar-refractivity contribution >= 4 is 29.5 Å². The van der Waals surface area contributed by atoms with Gasteiger partial charge in [0.25, 0.3) is 5.91 Å². The quantitative estimate of drug-likeness (QED) is 0.282. The molecule has 2 rings (SSSR count). The summed E-state index contributed by atoms with van der Waals surface area (Å²) < 4.78 is 16.5. The molecule has 230 valence electrons. The minimum atomic E-state index is -1.02. The van der Waals surface area contributed by atoms with Gasteiger partial charge in [-0.25, -0.2) is 4.79 Å². The van der Waals surface area contributed by atoms with Gasteiger partial charge >= 0.3 is 6.09 Å². The topological polar surface area (TPSA) is 183 Å². The minimum absolute atomic E-state index is 0.0439. The summed E-state index contributed by atoms with van der Waals surface area (Å²) in [6.45, 7) is 8.04. The summed E-state index contributed by atoms with van der Waals surface area (Å²) >= 11 is 0. The number of allylic oxidation sites excluding steroid dienone is 4. The van der Waals surface area contributed by atoms with E-state index >= 15 is 0 Å². The molecule has 12 heteroatoms. The van der Waals surface area contributed by atoms with Gasteiger partial charge in [-0.05, 0) is 38.2 Å². The molecule has 1 aliphatic heterocycles. The molecule has 0 fully saturated rings. The number of hydrogen-bond acceptors (Lipinski definition) is 9. The van der Waals surface area contributed by atoms with Crippen molar-refractivity contribution < 1.29 is 43.3 Å². The Bertz CT molecular complexity index is 1240. The van der Waals surface area contributed by atoms with Crippen LogP contribution in [0.1, 0.15) is 47.5 Å². The zero-order chi connectivity index (χ0) is 31.7. The number of nitrogens with two attached hydrogens (primary N) is 1. The Balaban J connectivity index is 2.64. The van der Waals surface area contributed by atoms with Crippen LogP contribution in [0.15, 0.2) is 58.5 Å². The average molecular weight is 588 g/mol. The monoisotopic (exact) mass is 587 g/mol. The Kier molecular flexibility index (Phi) is 12.6. The van der Waals surface area contributed by atoms with E-state index < -0.39 is 59.8 Å². The van der Waals surface area contributed by atoms with Gasteiger partial charge in [0.05, 0.1) is 23.6 Å². The molecule has 5 N–H and O–H groups in total. The second-order valence-electron chi connectivity index (χ2n) is 10.6. The predicted octanol–water partition coefficient (Wildman–Crippen LogP) is 1.90. The maximum atomic E-state index is 13.5. The molecule has 0 radical (unpaired) electrons. The molecular weight excluding hydrogens is 546 g/mol. The number of methoxy groups -OCH3 is 2. The van der Waals surface area contributed by atoms with E-state index in [0.717, 1.165) is 6.08 Å². The highest BCUT2D eigenvalue weighted by Gasteiger charge is 2.33. The summed E-state index contributed by atoms with van der Waals surface area (Å²) in [4.78, 5) is 62.9. The number of aliphatic hydroxyl groups excluding tert-OH is 1. The minimum Gasteiger partial charge on any atom is -0.439 e. The Morgan fingerprint density at radius 2 is 1.79 bits per heavy atom. The molecule has 12 nitrogen and oxygen atoms in total. The normalized spacial score (nSPS) is 31.6. The van der Waals surface area contributed by atoms with E-state index in [1.807, 2.05) is 6.92 Å². The SMILES string of the molecule is COC1C[C@H](C)CC2=C(NC(C)=O)C(=O)C=C(NC(=O)/C(C)=C/C=C\[C@H](OC)C(OC(N)=O)/C(C)=C/[C@H](C)[C@H]1O)C2=O. The molecule has 0 saturated carbocycles. The molecule has 0 aromatic rings. The van der Waals surface area contributed by atoms with Crippen LogP contribution in [0.4, 0.5) is 4.79 Å². The first-order chi connectivity index (χ1) is 19.7. The first-order valence-corrected chi connectivity index (χ1v) is 13.6. The highest BCUT2D eigenvalue weighted by Crippen LogP contribution is 2.28. The van der Waals surface area contributed by atoms with Crippen molar-refractivity contribution in [2.24, 2.45) is 17.6 Å². The van der Waals surface area contributed by atoms with E-state index in [4.69, 9.17) is 19.9 Å². The molecule has 0 aromatic carbocycles. The lowest BCUT2D eigenvalue weighted by molar-refractivity contribution is -0.122. The van der Waals surface area contributed by atoms with Crippen LogP contribution >= 0.6 is 0 Å². The number of ether oxygens (including phenoxy) is 3. The van der Waals surface area contributed by atoms with Gasteiger partial charge in [-0.2, -0.15) is 0 Å². The van der Waals surface area contributed by atoms with E-state index in [-0.39, 0.29) is 41.3 Å². The number of carbonyl (C=O) groups is 5. The summed E-state index contributed by atoms with van der Waals surface area (Å²) in [6, 6.07) is 0. The van der Waals surface area contributed by atoms with Crippen LogP contribution < -0.4 is 16.4 Å². The van der Waals surface area contributed by atoms with E-state index in [0.29, 0.717) is 5.57 Å². The molecule has 42 heavy (non-hydrogen) atoms. The Morgan fingerprint density at radius 3 is 2.36 bits per heavy atom. The van der Waals surface area contributed by atoms with E-state index in [1.54, 1.807) is 26.0 Å². The van der Waals surface area contributed by atoms with Gasteiger partial charge in [0.15, 0.2) is 6.10 Å². The summed E-state index contributed by atoms with van der Waals surface area (Å²) in [6.07, 6.45) is 3.15. The zero-order valence-corrected chi connectivity index (χ0v) is 25.1. The molecule has 3 amide bonds. The number of rotatable bonds is 4. The lowest BCUT2D eigenvalue weighted by Gasteiger charge is -2.30. The van der Waals surface area contributed by atoms with Gasteiger partial charge in [-0.1, -0.05) is 38.2 Å². The van der Waals surface area contributed by atoms with Crippen LogP contribution in [0.3, 0.4) is 0 Å². The third-order valence-corrected chi connectivity index (χ3v) is 7.09. The van der Waals surface area contributed by atoms with Gasteiger partial charge in [0.1, 0.15) is 6.10 Å². The fraction of sp³-hybridized carbons (Fsp3) is 0.500. The van der Waals surface area contributed by atoms with Crippen LogP contribution in [0, 0.1) is 11.8 Å². The van der Waals surface area contributed by atoms with E-state index in [1.165, 1.54) is 40.2 Å². The van der Waals surface area contributed by atoms with Crippen LogP contribution in [0.5, 0.6) is 0 Å². The molecular formula is C30H41N3O9. The molecule has 0 spiro atoms. The number of aliphatic hydroxyl groups is 1. The van der Waals surface area contributed by atoms with Crippen LogP contribution in [0.25, 0.3) is 0 Å². The summed E-state index contributed by atoms with van der Waals surface area (Å²) in [7, 11) is 2.87. The highest BCUT2D eigenvalue weighted by atomic mass is 16.6. The van der Waals surface area contributed by atoms with Gasteiger partial charge in [0.2, 0.25) is 17.5 Å². The first kappa shape index (κ1) is 34.3. The first-order valence-electron chi connectivity index (χ1n) is 13.6. The van der Waals surface area contributed by atoms with Crippen molar-refractivity contribution in [3.63, 3.8) is 0 Å². The number of carbonyl (C=O) groups excluding carboxylic acids is 5. The standard InChI is InChI=1S/C30H41N3O9/c1-15-11-20-25(32-19(5)34)22(35)14-21(27(20)37)33-29(38)16(2)9-8-10-23(40-6)28(42-30(31)39)18(4)13-17(3)26(36)24(12-15)41-7/h8-10,13-15,17,23-24,26,28,36H,11-12H2,1-7H3,(H2,31,39)(H,32,34)(H,33,38)/b10-8-,16-9+,18-13+/t15-,17+,23+,24?,26-,28?/m1/s1. The molecule has 1 heterocycles. The Morgan fingerprint density at radius 1 is 1.12 bits per heavy atom. The number of hydrogen-bond donors (Lipinski definition) is 4. The van der Waals surface area contributed by atoms with Gasteiger partial charge in [-0.3, -0.25) is 19.2 Å². The largest absolute Gasteiger partial charge is 0.439 e. The highest BCUT2D eigenvalue weighted by molar-refractivity contribution is 6.24. The van der Waals surface area contributed by atoms with E-state index in [2.05, 4.69) is 10.6 Å². The summed E-state index contributed by atoms with van der Waals surface area (Å²) in [5.41, 5.74) is 5.76. The van der Waals surface area contributed by atoms with Crippen molar-refractivity contribution in [3.05, 3.63) is 58.5 Å². The maximum Gasteiger partial charge on any atom is 0.405 e. The molecule has 2 unspecified atom stereocenters. The van der Waals surface area contributed by atoms with Crippen LogP contribution in [-0.4, -0.2) is 73.2 Å². The third-order valence-electron chi connectivity index (χ3n) is 7.09. The number of Topliss-reactive ketones (excluding diaryl/α,β-unsaturated/α-hetero) is 1. The van der Waals surface area contributed by atoms with Crippen molar-refractivity contribution in [3.8, 4) is 0 Å². The van der Waals surface area contributed by atoms with Crippen molar-refractivity contribution in [2.75, 3.05) is 14.2 Å². The van der Waals surface area contributed by atoms with Gasteiger partial charge in [0, 0.05) is 44.3 Å². The van der Waals surface area contributed by atoms with Crippen molar-refractivity contribution in [2.45, 2.75) is 71.9 Å². The van der Waals surface area contributed by atoms with Gasteiger partial charge in [-0.15, -0.1) is 0 Å². The predicted molar refractivity (Wildman–Crippen MR) is 153 cm³/mol. The molecule has 0 aromatic heterocycles. The number of primary amides is 1. The smallest absolute Gasteiger partial charge is 0.405 e. The molecule has 1 aliphatic carbocycles. The third kappa shape index (κ3) is 9.07. The van der Waals surface area contributed by atoms with Crippen LogP contribution in [-0.2, 0) is 33.4 Å².